The molecule has 0 aliphatic carbocycles. The highest BCUT2D eigenvalue weighted by molar-refractivity contribution is 7.91. The van der Waals surface area contributed by atoms with Crippen molar-refractivity contribution < 1.29 is 13.2 Å². The van der Waals surface area contributed by atoms with Crippen LogP contribution in [0.25, 0.3) is 0 Å². The second-order valence-corrected chi connectivity index (χ2v) is 5.73. The van der Waals surface area contributed by atoms with Crippen LogP contribution in [0.2, 0.25) is 0 Å². The highest BCUT2D eigenvalue weighted by atomic mass is 32.2. The van der Waals surface area contributed by atoms with Crippen molar-refractivity contribution in [3.05, 3.63) is 0 Å². The Kier molecular flexibility index (Phi) is 3.46. The maximum atomic E-state index is 11.2. The van der Waals surface area contributed by atoms with Gasteiger partial charge in [-0.3, -0.25) is 15.1 Å². The van der Waals surface area contributed by atoms with E-state index in [1.165, 1.54) is 0 Å². The number of hydrogen-bond donors (Lipinski definition) is 2. The molecule has 3 N–H and O–H groups in total. The molecule has 7 heteroatoms. The second-order valence-electron chi connectivity index (χ2n) is 3.50. The number of nitrogens with zero attached hydrogens (tertiary/aromatic N) is 1. The number of sulfone groups is 1. The summed E-state index contributed by atoms with van der Waals surface area (Å²) < 4.78 is 22.4. The van der Waals surface area contributed by atoms with Gasteiger partial charge in [-0.2, -0.15) is 0 Å². The molecule has 6 nitrogen and oxygen atoms in total. The maximum absolute atomic E-state index is 11.2. The van der Waals surface area contributed by atoms with Crippen LogP contribution in [-0.4, -0.2) is 49.9 Å². The van der Waals surface area contributed by atoms with Crippen LogP contribution in [-0.2, 0) is 14.6 Å². The summed E-state index contributed by atoms with van der Waals surface area (Å²) in [7, 11) is -2.91. The minimum Gasteiger partial charge on any atom is -0.293 e. The third kappa shape index (κ3) is 2.93. The van der Waals surface area contributed by atoms with E-state index in [1.54, 1.807) is 6.92 Å². The fourth-order valence-corrected chi connectivity index (χ4v) is 3.12. The fourth-order valence-electron chi connectivity index (χ4n) is 1.50. The van der Waals surface area contributed by atoms with Crippen LogP contribution in [0.15, 0.2) is 0 Å². The van der Waals surface area contributed by atoms with Gasteiger partial charge < -0.3 is 0 Å². The van der Waals surface area contributed by atoms with Crippen LogP contribution in [0, 0.1) is 0 Å². The zero-order valence-corrected chi connectivity index (χ0v) is 8.88. The predicted molar refractivity (Wildman–Crippen MR) is 52.0 cm³/mol. The summed E-state index contributed by atoms with van der Waals surface area (Å²) in [6.07, 6.45) is 0. The molecule has 1 aliphatic rings. The molecular formula is C7H15N3O3S. The molecule has 1 rings (SSSR count). The van der Waals surface area contributed by atoms with Crippen LogP contribution >= 0.6 is 0 Å². The van der Waals surface area contributed by atoms with Crippen molar-refractivity contribution >= 4 is 15.7 Å². The lowest BCUT2D eigenvalue weighted by Crippen LogP contribution is -2.51. The van der Waals surface area contributed by atoms with Crippen molar-refractivity contribution in [3.63, 3.8) is 0 Å². The third-order valence-electron chi connectivity index (χ3n) is 2.32. The van der Waals surface area contributed by atoms with Crippen LogP contribution < -0.4 is 11.3 Å². The van der Waals surface area contributed by atoms with Crippen molar-refractivity contribution in [3.8, 4) is 0 Å². The van der Waals surface area contributed by atoms with Gasteiger partial charge >= 0.3 is 0 Å². The molecule has 1 fully saturated rings. The van der Waals surface area contributed by atoms with E-state index in [9.17, 15) is 13.2 Å². The monoisotopic (exact) mass is 221 g/mol. The Hall–Kier alpha value is -0.660. The topological polar surface area (TPSA) is 92.5 Å². The molecule has 0 aromatic heterocycles. The second kappa shape index (κ2) is 4.24. The molecular weight excluding hydrogens is 206 g/mol. The molecule has 1 amide bonds. The molecule has 0 bridgehead atoms. The Morgan fingerprint density at radius 3 is 2.79 bits per heavy atom. The zero-order chi connectivity index (χ0) is 10.8. The summed E-state index contributed by atoms with van der Waals surface area (Å²) in [4.78, 5) is 12.8. The third-order valence-corrected chi connectivity index (χ3v) is 4.11. The summed E-state index contributed by atoms with van der Waals surface area (Å²) in [6, 6.07) is -0.119. The summed E-state index contributed by atoms with van der Waals surface area (Å²) in [5, 5.41) is 0. The van der Waals surface area contributed by atoms with Gasteiger partial charge in [0, 0.05) is 12.6 Å². The van der Waals surface area contributed by atoms with Gasteiger partial charge in [0.1, 0.15) is 0 Å². The van der Waals surface area contributed by atoms with Gasteiger partial charge in [-0.05, 0) is 6.92 Å². The molecule has 1 heterocycles. The molecule has 1 atom stereocenters. The van der Waals surface area contributed by atoms with E-state index in [1.807, 2.05) is 10.3 Å². The largest absolute Gasteiger partial charge is 0.293 e. The lowest BCUT2D eigenvalue weighted by Gasteiger charge is -2.32. The molecule has 0 aromatic rings. The molecule has 0 radical (unpaired) electrons. The van der Waals surface area contributed by atoms with E-state index in [0.29, 0.717) is 6.54 Å². The zero-order valence-electron chi connectivity index (χ0n) is 8.06. The molecule has 0 saturated carbocycles. The summed E-state index contributed by atoms with van der Waals surface area (Å²) in [5.74, 6) is 4.88. The minimum atomic E-state index is -2.91. The quantitative estimate of drug-likeness (QED) is 0.323. The van der Waals surface area contributed by atoms with Crippen LogP contribution in [0.5, 0.6) is 0 Å². The summed E-state index contributed by atoms with van der Waals surface area (Å²) in [5.41, 5.74) is 2.02. The Morgan fingerprint density at radius 2 is 2.29 bits per heavy atom. The molecule has 1 unspecified atom stereocenters. The van der Waals surface area contributed by atoms with Crippen molar-refractivity contribution in [2.75, 3.05) is 24.6 Å². The van der Waals surface area contributed by atoms with Crippen molar-refractivity contribution in [2.45, 2.75) is 13.0 Å². The van der Waals surface area contributed by atoms with E-state index in [-0.39, 0.29) is 30.0 Å². The van der Waals surface area contributed by atoms with Crippen molar-refractivity contribution in [1.29, 1.82) is 0 Å². The number of hydrazine groups is 1. The minimum absolute atomic E-state index is 0.116. The van der Waals surface area contributed by atoms with Crippen LogP contribution in [0.4, 0.5) is 0 Å². The van der Waals surface area contributed by atoms with Crippen molar-refractivity contribution in [2.24, 2.45) is 5.84 Å². The smallest absolute Gasteiger partial charge is 0.248 e. The first-order valence-electron chi connectivity index (χ1n) is 4.38. The van der Waals surface area contributed by atoms with Crippen LogP contribution in [0.1, 0.15) is 6.92 Å². The highest BCUT2D eigenvalue weighted by Crippen LogP contribution is 2.10. The molecule has 1 saturated heterocycles. The number of rotatable bonds is 2. The number of carbonyl (C=O) groups excluding carboxylic acids is 1. The van der Waals surface area contributed by atoms with Gasteiger partial charge in [0.05, 0.1) is 18.1 Å². The van der Waals surface area contributed by atoms with E-state index in [4.69, 9.17) is 5.84 Å². The molecule has 0 spiro atoms. The maximum Gasteiger partial charge on any atom is 0.248 e. The number of hydrogen-bond acceptors (Lipinski definition) is 5. The van der Waals surface area contributed by atoms with E-state index >= 15 is 0 Å². The van der Waals surface area contributed by atoms with E-state index < -0.39 is 9.84 Å². The van der Waals surface area contributed by atoms with E-state index in [2.05, 4.69) is 0 Å². The van der Waals surface area contributed by atoms with Gasteiger partial charge in [-0.1, -0.05) is 0 Å². The average Bonchev–Trinajstić information content (AvgIpc) is 2.09. The number of nitrogens with one attached hydrogen (secondary N) is 1. The predicted octanol–water partition coefficient (Wildman–Crippen LogP) is -1.90. The molecule has 14 heavy (non-hydrogen) atoms. The van der Waals surface area contributed by atoms with Crippen molar-refractivity contribution in [1.82, 2.24) is 10.3 Å². The molecule has 82 valence electrons. The standard InChI is InChI=1S/C7H15N3O3S/c1-6-5-14(12,13)3-2-10(6)4-7(11)9-8/h6H,2-5,8H2,1H3,(H,9,11). The molecule has 0 aromatic carbocycles. The number of carbonyl (C=O) groups is 1. The fraction of sp³-hybridized carbons (Fsp3) is 0.857. The Balaban J connectivity index is 2.54. The number of nitrogens with two attached hydrogens (primary N) is 1. The number of amides is 1. The Bertz CT molecular complexity index is 314. The Morgan fingerprint density at radius 1 is 1.64 bits per heavy atom. The van der Waals surface area contributed by atoms with E-state index in [0.717, 1.165) is 0 Å². The van der Waals surface area contributed by atoms with Crippen LogP contribution in [0.3, 0.4) is 0 Å². The van der Waals surface area contributed by atoms with Gasteiger partial charge in [-0.25, -0.2) is 14.3 Å². The highest BCUT2D eigenvalue weighted by Gasteiger charge is 2.28. The average molecular weight is 221 g/mol. The summed E-state index contributed by atoms with van der Waals surface area (Å²) in [6.45, 7) is 2.35. The normalized spacial score (nSPS) is 27.1. The lowest BCUT2D eigenvalue weighted by molar-refractivity contribution is -0.122. The Labute approximate surface area is 83.3 Å². The SMILES string of the molecule is CC1CS(=O)(=O)CCN1CC(=O)NN. The first-order chi connectivity index (χ1) is 6.44. The van der Waals surface area contributed by atoms with Gasteiger partial charge in [0.25, 0.3) is 0 Å². The molecule has 1 aliphatic heterocycles. The van der Waals surface area contributed by atoms with Gasteiger partial charge in [0.2, 0.25) is 5.91 Å². The first kappa shape index (κ1) is 11.4. The lowest BCUT2D eigenvalue weighted by atomic mass is 10.3. The summed E-state index contributed by atoms with van der Waals surface area (Å²) >= 11 is 0. The van der Waals surface area contributed by atoms with Gasteiger partial charge in [0.15, 0.2) is 9.84 Å². The van der Waals surface area contributed by atoms with Gasteiger partial charge in [-0.15, -0.1) is 0 Å². The first-order valence-corrected chi connectivity index (χ1v) is 6.20.